The lowest BCUT2D eigenvalue weighted by Crippen LogP contribution is -2.25. The molecule has 118 valence electrons. The molecule has 11 heteroatoms. The topological polar surface area (TPSA) is 98.5 Å². The maximum Gasteiger partial charge on any atom is 0.501 e. The van der Waals surface area contributed by atoms with Crippen molar-refractivity contribution in [3.8, 4) is 0 Å². The molecule has 1 amide bonds. The first-order valence-corrected chi connectivity index (χ1v) is 6.81. The maximum atomic E-state index is 13.0. The highest BCUT2D eigenvalue weighted by Crippen LogP contribution is 2.34. The monoisotopic (exact) mass is 330 g/mol. The predicted octanol–water partition coefficient (Wildman–Crippen LogP) is 1.63. The number of carbonyl (C=O) groups is 1. The number of benzene rings is 1. The summed E-state index contributed by atoms with van der Waals surface area (Å²) in [6.45, 7) is -0.521. The number of ether oxygens (including phenoxy) is 1. The summed E-state index contributed by atoms with van der Waals surface area (Å²) in [6, 6.07) is 1.87. The Kier molecular flexibility index (Phi) is 4.99. The Morgan fingerprint density at radius 3 is 2.48 bits per heavy atom. The van der Waals surface area contributed by atoms with Crippen LogP contribution in [-0.4, -0.2) is 33.2 Å². The summed E-state index contributed by atoms with van der Waals surface area (Å²) >= 11 is 0. The van der Waals surface area contributed by atoms with Crippen molar-refractivity contribution in [2.45, 2.75) is 10.4 Å². The van der Waals surface area contributed by atoms with Crippen molar-refractivity contribution in [1.82, 2.24) is 0 Å². The molecule has 0 aliphatic carbocycles. The third-order valence-corrected chi connectivity index (χ3v) is 3.73. The molecule has 0 aliphatic rings. The second-order valence-corrected chi connectivity index (χ2v) is 5.59. The van der Waals surface area contributed by atoms with Crippen LogP contribution in [0, 0.1) is 5.82 Å². The molecular weight excluding hydrogens is 320 g/mol. The summed E-state index contributed by atoms with van der Waals surface area (Å²) in [5, 5.41) is 2.30. The third-order valence-electron chi connectivity index (χ3n) is 2.20. The van der Waals surface area contributed by atoms with E-state index in [4.69, 9.17) is 0 Å². The van der Waals surface area contributed by atoms with Gasteiger partial charge in [-0.05, 0) is 18.2 Å². The summed E-state index contributed by atoms with van der Waals surface area (Å²) in [5.41, 5.74) is -1.37. The number of nitrogens with two attached hydrogens (primary N) is 1. The number of nitrogens with one attached hydrogen (secondary N) is 1. The number of rotatable bonds is 5. The zero-order valence-electron chi connectivity index (χ0n) is 10.3. The molecular formula is C10H10F4N2O4S. The zero-order valence-corrected chi connectivity index (χ0v) is 11.1. The Hall–Kier alpha value is -2.04. The Morgan fingerprint density at radius 1 is 1.33 bits per heavy atom. The van der Waals surface area contributed by atoms with Crippen LogP contribution in [0.4, 0.5) is 28.0 Å². The van der Waals surface area contributed by atoms with Crippen molar-refractivity contribution >= 4 is 21.6 Å². The fourth-order valence-corrected chi connectivity index (χ4v) is 2.27. The first-order valence-electron chi connectivity index (χ1n) is 5.32. The minimum Gasteiger partial charge on any atom is -0.448 e. The van der Waals surface area contributed by atoms with Gasteiger partial charge in [0.2, 0.25) is 0 Å². The number of amides is 1. The van der Waals surface area contributed by atoms with Gasteiger partial charge >= 0.3 is 11.6 Å². The number of anilines is 1. The van der Waals surface area contributed by atoms with E-state index in [0.29, 0.717) is 0 Å². The minimum absolute atomic E-state index is 0.213. The number of sulfone groups is 1. The first-order chi connectivity index (χ1) is 9.55. The van der Waals surface area contributed by atoms with Gasteiger partial charge in [0.05, 0.1) is 5.69 Å². The molecule has 1 aromatic carbocycles. The Bertz CT molecular complexity index is 630. The van der Waals surface area contributed by atoms with E-state index >= 15 is 0 Å². The maximum absolute atomic E-state index is 13.0. The van der Waals surface area contributed by atoms with E-state index < -0.39 is 37.8 Å². The highest BCUT2D eigenvalue weighted by atomic mass is 32.2. The number of halogens is 4. The van der Waals surface area contributed by atoms with Crippen molar-refractivity contribution in [1.29, 1.82) is 0 Å². The number of carbonyl (C=O) groups excluding carboxylic acids is 1. The predicted molar refractivity (Wildman–Crippen MR) is 63.7 cm³/mol. The number of hydrogen-bond donors (Lipinski definition) is 2. The zero-order chi connectivity index (χ0) is 16.3. The van der Waals surface area contributed by atoms with Gasteiger partial charge in [-0.1, -0.05) is 0 Å². The van der Waals surface area contributed by atoms with E-state index in [2.05, 4.69) is 15.8 Å². The molecule has 1 aromatic rings. The summed E-state index contributed by atoms with van der Waals surface area (Å²) in [4.78, 5) is 9.04. The van der Waals surface area contributed by atoms with Crippen LogP contribution in [0.15, 0.2) is 23.1 Å². The van der Waals surface area contributed by atoms with E-state index in [9.17, 15) is 30.8 Å². The molecule has 0 atom stereocenters. The van der Waals surface area contributed by atoms with E-state index in [1.54, 1.807) is 0 Å². The Labute approximate surface area is 116 Å². The molecule has 0 aromatic heterocycles. The standard InChI is InChI=1S/C10H10F4N2O4S/c11-6-1-2-7(16-3-4-20-9(15)17)8(5-6)21(18,19)10(12,13)14/h1-2,5,16H,3-4H2,(H2,15,17). The quantitative estimate of drug-likeness (QED) is 0.631. The summed E-state index contributed by atoms with van der Waals surface area (Å²) in [6.07, 6.45) is -1.10. The molecule has 0 radical (unpaired) electrons. The van der Waals surface area contributed by atoms with Crippen LogP contribution in [0.25, 0.3) is 0 Å². The second kappa shape index (κ2) is 6.16. The van der Waals surface area contributed by atoms with Crippen molar-refractivity contribution in [2.75, 3.05) is 18.5 Å². The minimum atomic E-state index is -5.72. The molecule has 21 heavy (non-hydrogen) atoms. The molecule has 0 saturated carbocycles. The smallest absolute Gasteiger partial charge is 0.448 e. The van der Waals surface area contributed by atoms with Gasteiger partial charge in [0.25, 0.3) is 9.84 Å². The lowest BCUT2D eigenvalue weighted by Gasteiger charge is -2.14. The number of primary amides is 1. The molecule has 0 spiro atoms. The van der Waals surface area contributed by atoms with Gasteiger partial charge in [0.1, 0.15) is 17.3 Å². The molecule has 1 rings (SSSR count). The van der Waals surface area contributed by atoms with Crippen LogP contribution >= 0.6 is 0 Å². The Morgan fingerprint density at radius 2 is 1.95 bits per heavy atom. The molecule has 3 N–H and O–H groups in total. The molecule has 0 bridgehead atoms. The van der Waals surface area contributed by atoms with Crippen molar-refractivity contribution in [2.24, 2.45) is 5.73 Å². The largest absolute Gasteiger partial charge is 0.501 e. The lowest BCUT2D eigenvalue weighted by molar-refractivity contribution is -0.0435. The summed E-state index contributed by atoms with van der Waals surface area (Å²) < 4.78 is 77.5. The lowest BCUT2D eigenvalue weighted by atomic mass is 10.3. The molecule has 0 fully saturated rings. The molecule has 0 heterocycles. The highest BCUT2D eigenvalue weighted by molar-refractivity contribution is 7.92. The first kappa shape index (κ1) is 17.0. The van der Waals surface area contributed by atoms with Gasteiger partial charge < -0.3 is 15.8 Å². The number of alkyl halides is 3. The van der Waals surface area contributed by atoms with Crippen molar-refractivity contribution < 1.29 is 35.5 Å². The van der Waals surface area contributed by atoms with Gasteiger partial charge in [-0.25, -0.2) is 17.6 Å². The molecule has 6 nitrogen and oxygen atoms in total. The molecule has 0 unspecified atom stereocenters. The van der Waals surface area contributed by atoms with E-state index in [-0.39, 0.29) is 19.2 Å². The van der Waals surface area contributed by atoms with Crippen LogP contribution < -0.4 is 11.1 Å². The summed E-state index contributed by atoms with van der Waals surface area (Å²) in [7, 11) is -5.72. The van der Waals surface area contributed by atoms with Gasteiger partial charge in [-0.3, -0.25) is 0 Å². The molecule has 0 saturated heterocycles. The van der Waals surface area contributed by atoms with Gasteiger partial charge in [-0.2, -0.15) is 13.2 Å². The van der Waals surface area contributed by atoms with E-state index in [1.165, 1.54) is 0 Å². The van der Waals surface area contributed by atoms with Crippen LogP contribution in [0.5, 0.6) is 0 Å². The normalized spacial score (nSPS) is 12.0. The molecule has 0 aliphatic heterocycles. The van der Waals surface area contributed by atoms with E-state index in [0.717, 1.165) is 12.1 Å². The van der Waals surface area contributed by atoms with Crippen LogP contribution in [0.2, 0.25) is 0 Å². The second-order valence-electron chi connectivity index (χ2n) is 3.68. The van der Waals surface area contributed by atoms with Crippen molar-refractivity contribution in [3.63, 3.8) is 0 Å². The SMILES string of the molecule is NC(=O)OCCNc1ccc(F)cc1S(=O)(=O)C(F)(F)F. The van der Waals surface area contributed by atoms with Gasteiger partial charge in [0.15, 0.2) is 0 Å². The fraction of sp³-hybridized carbons (Fsp3) is 0.300. The van der Waals surface area contributed by atoms with Crippen LogP contribution in [0.3, 0.4) is 0 Å². The van der Waals surface area contributed by atoms with Crippen LogP contribution in [0.1, 0.15) is 0 Å². The van der Waals surface area contributed by atoms with Crippen LogP contribution in [-0.2, 0) is 14.6 Å². The summed E-state index contributed by atoms with van der Waals surface area (Å²) in [5.74, 6) is -1.14. The number of hydrogen-bond acceptors (Lipinski definition) is 5. The third kappa shape index (κ3) is 4.21. The van der Waals surface area contributed by atoms with Gasteiger partial charge in [-0.15, -0.1) is 0 Å². The Balaban J connectivity index is 3.04. The average Bonchev–Trinajstić information content (AvgIpc) is 2.34. The fourth-order valence-electron chi connectivity index (χ4n) is 1.33. The van der Waals surface area contributed by atoms with E-state index in [1.807, 2.05) is 0 Å². The van der Waals surface area contributed by atoms with Gasteiger partial charge in [0, 0.05) is 6.54 Å². The van der Waals surface area contributed by atoms with Crippen molar-refractivity contribution in [3.05, 3.63) is 24.0 Å². The average molecular weight is 330 g/mol. The highest BCUT2D eigenvalue weighted by Gasteiger charge is 2.48.